The van der Waals surface area contributed by atoms with E-state index in [9.17, 15) is 4.79 Å². The second kappa shape index (κ2) is 6.21. The molecule has 0 aromatic rings. The number of hydrogen-bond acceptors (Lipinski definition) is 3. The summed E-state index contributed by atoms with van der Waals surface area (Å²) in [4.78, 5) is 11.8. The Kier molecular flexibility index (Phi) is 5.22. The van der Waals surface area contributed by atoms with Crippen LogP contribution in [0.4, 0.5) is 0 Å². The van der Waals surface area contributed by atoms with Gasteiger partial charge < -0.3 is 15.8 Å². The molecule has 1 rings (SSSR count). The van der Waals surface area contributed by atoms with Crippen LogP contribution < -0.4 is 11.1 Å². The maximum Gasteiger partial charge on any atom is 0.224 e. The summed E-state index contributed by atoms with van der Waals surface area (Å²) in [5.41, 5.74) is 5.74. The molecule has 0 aromatic heterocycles. The second-order valence-corrected chi connectivity index (χ2v) is 4.98. The number of amides is 1. The van der Waals surface area contributed by atoms with Crippen LogP contribution in [0.2, 0.25) is 0 Å². The minimum atomic E-state index is -0.0385. The summed E-state index contributed by atoms with van der Waals surface area (Å²) in [7, 11) is 0. The molecule has 1 fully saturated rings. The molecule has 1 atom stereocenters. The summed E-state index contributed by atoms with van der Waals surface area (Å²) in [6.07, 6.45) is 2.85. The first kappa shape index (κ1) is 13.5. The Labute approximate surface area is 97.9 Å². The summed E-state index contributed by atoms with van der Waals surface area (Å²) in [5, 5.41) is 3.02. The van der Waals surface area contributed by atoms with Crippen LogP contribution in [0.3, 0.4) is 0 Å². The van der Waals surface area contributed by atoms with Crippen LogP contribution in [-0.2, 0) is 9.53 Å². The molecule has 0 aliphatic carbocycles. The fraction of sp³-hybridized carbons (Fsp3) is 0.917. The molecule has 1 aliphatic rings. The van der Waals surface area contributed by atoms with Crippen molar-refractivity contribution in [2.75, 3.05) is 26.3 Å². The van der Waals surface area contributed by atoms with E-state index in [4.69, 9.17) is 10.5 Å². The second-order valence-electron chi connectivity index (χ2n) is 4.98. The molecule has 0 spiro atoms. The number of hydrogen-bond donors (Lipinski definition) is 2. The topological polar surface area (TPSA) is 64.4 Å². The molecular formula is C12H24N2O2. The van der Waals surface area contributed by atoms with Crippen LogP contribution in [0.15, 0.2) is 0 Å². The van der Waals surface area contributed by atoms with E-state index in [0.29, 0.717) is 6.54 Å². The van der Waals surface area contributed by atoms with Crippen molar-refractivity contribution in [2.24, 2.45) is 17.1 Å². The molecule has 3 N–H and O–H groups in total. The van der Waals surface area contributed by atoms with Crippen LogP contribution in [0, 0.1) is 11.3 Å². The van der Waals surface area contributed by atoms with Crippen molar-refractivity contribution in [1.82, 2.24) is 5.32 Å². The molecule has 16 heavy (non-hydrogen) atoms. The largest absolute Gasteiger partial charge is 0.381 e. The first-order valence-electron chi connectivity index (χ1n) is 6.17. The Bertz CT molecular complexity index is 221. The fourth-order valence-electron chi connectivity index (χ4n) is 1.94. The van der Waals surface area contributed by atoms with Crippen molar-refractivity contribution in [1.29, 1.82) is 0 Å². The van der Waals surface area contributed by atoms with Gasteiger partial charge in [0.2, 0.25) is 5.91 Å². The molecule has 1 unspecified atom stereocenters. The van der Waals surface area contributed by atoms with E-state index in [1.165, 1.54) is 0 Å². The van der Waals surface area contributed by atoms with E-state index in [-0.39, 0.29) is 17.2 Å². The molecule has 0 aromatic carbocycles. The Morgan fingerprint density at radius 2 is 2.12 bits per heavy atom. The third-order valence-corrected chi connectivity index (χ3v) is 3.54. The van der Waals surface area contributed by atoms with E-state index < -0.39 is 0 Å². The highest BCUT2D eigenvalue weighted by atomic mass is 16.5. The van der Waals surface area contributed by atoms with E-state index >= 15 is 0 Å². The van der Waals surface area contributed by atoms with Crippen LogP contribution in [0.5, 0.6) is 0 Å². The molecule has 0 saturated carbocycles. The van der Waals surface area contributed by atoms with Crippen molar-refractivity contribution in [3.05, 3.63) is 0 Å². The standard InChI is InChI=1S/C12H24N2O2/c1-3-10(8-13)11(15)14-9-12(2)4-6-16-7-5-12/h10H,3-9,13H2,1-2H3,(H,14,15). The van der Waals surface area contributed by atoms with Gasteiger partial charge in [-0.15, -0.1) is 0 Å². The van der Waals surface area contributed by atoms with Gasteiger partial charge in [-0.25, -0.2) is 0 Å². The van der Waals surface area contributed by atoms with Crippen molar-refractivity contribution >= 4 is 5.91 Å². The molecule has 4 heteroatoms. The maximum absolute atomic E-state index is 11.8. The summed E-state index contributed by atoms with van der Waals surface area (Å²) in [6.45, 7) is 6.99. The Morgan fingerprint density at radius 3 is 2.62 bits per heavy atom. The lowest BCUT2D eigenvalue weighted by atomic mass is 9.82. The molecule has 4 nitrogen and oxygen atoms in total. The molecule has 1 aliphatic heterocycles. The first-order chi connectivity index (χ1) is 7.61. The van der Waals surface area contributed by atoms with Gasteiger partial charge in [0.15, 0.2) is 0 Å². The number of carbonyl (C=O) groups excluding carboxylic acids is 1. The number of rotatable bonds is 5. The van der Waals surface area contributed by atoms with Crippen molar-refractivity contribution < 1.29 is 9.53 Å². The van der Waals surface area contributed by atoms with E-state index in [2.05, 4.69) is 12.2 Å². The quantitative estimate of drug-likeness (QED) is 0.735. The summed E-state index contributed by atoms with van der Waals surface area (Å²) < 4.78 is 5.33. The maximum atomic E-state index is 11.8. The SMILES string of the molecule is CCC(CN)C(=O)NCC1(C)CCOCC1. The summed E-state index contributed by atoms with van der Waals surface area (Å²) >= 11 is 0. The summed E-state index contributed by atoms with van der Waals surface area (Å²) in [6, 6.07) is 0. The molecule has 94 valence electrons. The van der Waals surface area contributed by atoms with E-state index in [0.717, 1.165) is 39.0 Å². The predicted octanol–water partition coefficient (Wildman–Crippen LogP) is 0.904. The fourth-order valence-corrected chi connectivity index (χ4v) is 1.94. The van der Waals surface area contributed by atoms with Crippen LogP contribution in [0.25, 0.3) is 0 Å². The predicted molar refractivity (Wildman–Crippen MR) is 64.0 cm³/mol. The lowest BCUT2D eigenvalue weighted by Crippen LogP contribution is -2.42. The van der Waals surface area contributed by atoms with Gasteiger partial charge in [0.05, 0.1) is 0 Å². The van der Waals surface area contributed by atoms with E-state index in [1.807, 2.05) is 6.92 Å². The highest BCUT2D eigenvalue weighted by molar-refractivity contribution is 5.78. The Balaban J connectivity index is 2.35. The number of ether oxygens (including phenoxy) is 1. The summed E-state index contributed by atoms with van der Waals surface area (Å²) in [5.74, 6) is 0.0566. The average molecular weight is 228 g/mol. The normalized spacial score (nSPS) is 21.4. The van der Waals surface area contributed by atoms with Gasteiger partial charge in [-0.2, -0.15) is 0 Å². The van der Waals surface area contributed by atoms with Gasteiger partial charge in [0.25, 0.3) is 0 Å². The van der Waals surface area contributed by atoms with Crippen molar-refractivity contribution in [2.45, 2.75) is 33.1 Å². The van der Waals surface area contributed by atoms with Crippen molar-refractivity contribution in [3.8, 4) is 0 Å². The van der Waals surface area contributed by atoms with Gasteiger partial charge in [0.1, 0.15) is 0 Å². The minimum absolute atomic E-state index is 0.0385. The third kappa shape index (κ3) is 3.76. The first-order valence-corrected chi connectivity index (χ1v) is 6.17. The number of nitrogens with one attached hydrogen (secondary N) is 1. The molecule has 1 heterocycles. The average Bonchev–Trinajstić information content (AvgIpc) is 2.29. The number of nitrogens with two attached hydrogens (primary N) is 1. The highest BCUT2D eigenvalue weighted by Crippen LogP contribution is 2.28. The van der Waals surface area contributed by atoms with Crippen LogP contribution >= 0.6 is 0 Å². The third-order valence-electron chi connectivity index (χ3n) is 3.54. The van der Waals surface area contributed by atoms with Crippen molar-refractivity contribution in [3.63, 3.8) is 0 Å². The lowest BCUT2D eigenvalue weighted by molar-refractivity contribution is -0.125. The zero-order valence-electron chi connectivity index (χ0n) is 10.4. The molecule has 1 saturated heterocycles. The number of carbonyl (C=O) groups is 1. The smallest absolute Gasteiger partial charge is 0.224 e. The zero-order valence-corrected chi connectivity index (χ0v) is 10.4. The van der Waals surface area contributed by atoms with Gasteiger partial charge in [-0.1, -0.05) is 13.8 Å². The lowest BCUT2D eigenvalue weighted by Gasteiger charge is -2.34. The van der Waals surface area contributed by atoms with Crippen LogP contribution in [-0.4, -0.2) is 32.2 Å². The van der Waals surface area contributed by atoms with Gasteiger partial charge in [0, 0.05) is 32.2 Å². The molecule has 0 bridgehead atoms. The molecular weight excluding hydrogens is 204 g/mol. The van der Waals surface area contributed by atoms with Gasteiger partial charge >= 0.3 is 0 Å². The van der Waals surface area contributed by atoms with E-state index in [1.54, 1.807) is 0 Å². The Hall–Kier alpha value is -0.610. The molecule has 0 radical (unpaired) electrons. The van der Waals surface area contributed by atoms with Gasteiger partial charge in [-0.05, 0) is 24.7 Å². The monoisotopic (exact) mass is 228 g/mol. The molecule has 1 amide bonds. The van der Waals surface area contributed by atoms with Gasteiger partial charge in [-0.3, -0.25) is 4.79 Å². The minimum Gasteiger partial charge on any atom is -0.381 e. The highest BCUT2D eigenvalue weighted by Gasteiger charge is 2.28. The zero-order chi connectivity index (χ0) is 12.0. The Morgan fingerprint density at radius 1 is 1.50 bits per heavy atom. The van der Waals surface area contributed by atoms with Crippen LogP contribution in [0.1, 0.15) is 33.1 Å².